The number of halogens is 1. The third-order valence-corrected chi connectivity index (χ3v) is 8.40. The van der Waals surface area contributed by atoms with Gasteiger partial charge in [-0.3, -0.25) is 14.5 Å². The van der Waals surface area contributed by atoms with Crippen molar-refractivity contribution in [2.45, 2.75) is 32.0 Å². The Morgan fingerprint density at radius 3 is 2.49 bits per heavy atom. The highest BCUT2D eigenvalue weighted by Gasteiger charge is 2.48. The van der Waals surface area contributed by atoms with Crippen LogP contribution in [-0.2, 0) is 22.6 Å². The number of amides is 2. The third kappa shape index (κ3) is 5.76. The molecule has 0 bridgehead atoms. The number of benzene rings is 3. The van der Waals surface area contributed by atoms with Gasteiger partial charge in [0.05, 0.1) is 26.5 Å². The van der Waals surface area contributed by atoms with Crippen molar-refractivity contribution in [3.63, 3.8) is 0 Å². The molecule has 45 heavy (non-hydrogen) atoms. The first-order valence-electron chi connectivity index (χ1n) is 14.9. The quantitative estimate of drug-likeness (QED) is 0.177. The van der Waals surface area contributed by atoms with E-state index in [1.54, 1.807) is 37.4 Å². The van der Waals surface area contributed by atoms with Gasteiger partial charge >= 0.3 is 0 Å². The molecule has 9 nitrogen and oxygen atoms in total. The van der Waals surface area contributed by atoms with Crippen LogP contribution >= 0.6 is 0 Å². The minimum atomic E-state index is -1.48. The number of rotatable bonds is 10. The van der Waals surface area contributed by atoms with Crippen molar-refractivity contribution in [1.29, 1.82) is 0 Å². The van der Waals surface area contributed by atoms with E-state index in [-0.39, 0.29) is 24.8 Å². The molecule has 5 aromatic rings. The molecule has 0 fully saturated rings. The summed E-state index contributed by atoms with van der Waals surface area (Å²) < 4.78 is 25.6. The average molecular weight is 610 g/mol. The fourth-order valence-corrected chi connectivity index (χ4v) is 6.28. The van der Waals surface area contributed by atoms with E-state index in [9.17, 15) is 9.18 Å². The maximum absolute atomic E-state index is 15.4. The van der Waals surface area contributed by atoms with Gasteiger partial charge in [0.2, 0.25) is 5.91 Å². The van der Waals surface area contributed by atoms with E-state index < -0.39 is 11.5 Å². The zero-order chi connectivity index (χ0) is 31.6. The summed E-state index contributed by atoms with van der Waals surface area (Å²) in [6, 6.07) is 17.8. The second kappa shape index (κ2) is 12.5. The van der Waals surface area contributed by atoms with Crippen LogP contribution in [-0.4, -0.2) is 59.7 Å². The average Bonchev–Trinajstić information content (AvgIpc) is 3.66. The van der Waals surface area contributed by atoms with Crippen molar-refractivity contribution < 1.29 is 23.5 Å². The van der Waals surface area contributed by atoms with E-state index in [4.69, 9.17) is 9.47 Å². The molecular formula is C35H36FN5O4. The van der Waals surface area contributed by atoms with Gasteiger partial charge in [0, 0.05) is 60.6 Å². The van der Waals surface area contributed by atoms with E-state index in [0.717, 1.165) is 28.5 Å². The maximum Gasteiger partial charge on any atom is 0.268 e. The van der Waals surface area contributed by atoms with Crippen molar-refractivity contribution >= 4 is 39.3 Å². The number of nitrogens with one attached hydrogen (secondary N) is 3. The molecule has 6 rings (SSSR count). The fourth-order valence-electron chi connectivity index (χ4n) is 6.28. The highest BCUT2D eigenvalue weighted by atomic mass is 19.1. The number of H-pyrrole nitrogens is 2. The van der Waals surface area contributed by atoms with Crippen LogP contribution in [0, 0.1) is 5.82 Å². The smallest absolute Gasteiger partial charge is 0.268 e. The second-order valence-corrected chi connectivity index (χ2v) is 11.2. The highest BCUT2D eigenvalue weighted by Crippen LogP contribution is 2.36. The number of hydrogen-bond donors (Lipinski definition) is 3. The molecule has 2 aromatic heterocycles. The van der Waals surface area contributed by atoms with Crippen LogP contribution < -0.4 is 19.7 Å². The van der Waals surface area contributed by atoms with Gasteiger partial charge in [-0.1, -0.05) is 36.4 Å². The number of ether oxygens (including phenoxy) is 2. The highest BCUT2D eigenvalue weighted by molar-refractivity contribution is 6.08. The molecule has 0 saturated carbocycles. The van der Waals surface area contributed by atoms with Crippen molar-refractivity contribution in [2.75, 3.05) is 32.2 Å². The summed E-state index contributed by atoms with van der Waals surface area (Å²) in [5.41, 5.74) is 2.27. The first-order valence-corrected chi connectivity index (χ1v) is 14.9. The molecule has 10 heteroatoms. The molecular weight excluding hydrogens is 573 g/mol. The van der Waals surface area contributed by atoms with E-state index in [2.05, 4.69) is 21.4 Å². The molecule has 3 N–H and O–H groups in total. The van der Waals surface area contributed by atoms with Crippen LogP contribution in [0.5, 0.6) is 11.5 Å². The van der Waals surface area contributed by atoms with Crippen molar-refractivity contribution in [1.82, 2.24) is 20.2 Å². The molecule has 0 saturated heterocycles. The van der Waals surface area contributed by atoms with Crippen LogP contribution in [0.2, 0.25) is 0 Å². The lowest BCUT2D eigenvalue weighted by Crippen LogP contribution is -2.70. The zero-order valence-electron chi connectivity index (χ0n) is 25.5. The summed E-state index contributed by atoms with van der Waals surface area (Å²) >= 11 is 0. The number of carbonyl (C=O) groups is 2. The molecule has 3 heterocycles. The number of aromatic nitrogens is 2. The summed E-state index contributed by atoms with van der Waals surface area (Å²) in [5.74, 6) is -0.0391. The molecule has 2 amide bonds. The summed E-state index contributed by atoms with van der Waals surface area (Å²) in [5, 5.41) is 4.63. The van der Waals surface area contributed by atoms with Crippen LogP contribution in [0.4, 0.5) is 10.1 Å². The normalized spacial score (nSPS) is 14.8. The van der Waals surface area contributed by atoms with Crippen molar-refractivity contribution in [3.8, 4) is 11.5 Å². The molecule has 1 aliphatic rings. The molecule has 0 aliphatic carbocycles. The summed E-state index contributed by atoms with van der Waals surface area (Å²) in [7, 11) is 3.12. The number of fused-ring (bicyclic) bond motifs is 2. The number of hydrogen-bond acceptors (Lipinski definition) is 5. The lowest BCUT2D eigenvalue weighted by atomic mass is 9.93. The number of aromatic amines is 2. The first-order chi connectivity index (χ1) is 21.8. The maximum atomic E-state index is 15.4. The molecule has 0 spiro atoms. The number of para-hydroxylation sites is 1. The van der Waals surface area contributed by atoms with Gasteiger partial charge in [0.15, 0.2) is 17.2 Å². The van der Waals surface area contributed by atoms with Gasteiger partial charge in [-0.05, 0) is 53.9 Å². The number of nitrogens with zero attached hydrogens (tertiary/aromatic N) is 2. The van der Waals surface area contributed by atoms with E-state index in [1.165, 1.54) is 19.1 Å². The zero-order valence-corrected chi connectivity index (χ0v) is 25.5. The van der Waals surface area contributed by atoms with Crippen LogP contribution in [0.1, 0.15) is 24.5 Å². The Morgan fingerprint density at radius 2 is 1.73 bits per heavy atom. The van der Waals surface area contributed by atoms with Gasteiger partial charge in [-0.15, -0.1) is 0 Å². The van der Waals surface area contributed by atoms with Gasteiger partial charge in [0.1, 0.15) is 5.82 Å². The van der Waals surface area contributed by atoms with Crippen LogP contribution in [0.15, 0.2) is 85.2 Å². The Bertz CT molecular complexity index is 1900. The summed E-state index contributed by atoms with van der Waals surface area (Å²) in [4.78, 5) is 38.7. The number of anilines is 1. The van der Waals surface area contributed by atoms with E-state index in [1.807, 2.05) is 53.6 Å². The third-order valence-electron chi connectivity index (χ3n) is 8.40. The van der Waals surface area contributed by atoms with E-state index >= 15 is 4.79 Å². The Hall–Kier alpha value is -5.09. The van der Waals surface area contributed by atoms with Crippen LogP contribution in [0.25, 0.3) is 21.8 Å². The van der Waals surface area contributed by atoms with Gasteiger partial charge < -0.3 is 29.7 Å². The lowest BCUT2D eigenvalue weighted by molar-refractivity contribution is -0.139. The van der Waals surface area contributed by atoms with E-state index in [0.29, 0.717) is 41.2 Å². The Labute approximate surface area is 260 Å². The largest absolute Gasteiger partial charge is 0.493 e. The standard InChI is InChI=1S/C35H36FN5O4/c1-23(42)39-35(40-15-7-4-8-16-40,19-25-20-37-29-10-6-5-9-27(25)29)34(43)41(22-24-11-14-32(44-2)33(17-24)45-3)31-21-38-30-13-12-26(36)18-28(30)31/h4-7,9-14,17-18,20-21,37-38H,8,15-16,19,22H2,1-3H3,(H,39,42). The SMILES string of the molecule is COc1ccc(CN(C(=O)C(Cc2c[nH]c3ccccc23)(NC(C)=O)N2CC=CCC2)c2c[nH]c3ccc(F)cc23)cc1OC. The number of carbonyl (C=O) groups excluding carboxylic acids is 2. The Balaban J connectivity index is 1.54. The Kier molecular flexibility index (Phi) is 8.32. The predicted octanol–water partition coefficient (Wildman–Crippen LogP) is 5.68. The monoisotopic (exact) mass is 609 g/mol. The molecule has 3 aromatic carbocycles. The van der Waals surface area contributed by atoms with Gasteiger partial charge in [-0.2, -0.15) is 0 Å². The first kappa shape index (κ1) is 30.0. The van der Waals surface area contributed by atoms with Crippen LogP contribution in [0.3, 0.4) is 0 Å². The molecule has 1 aliphatic heterocycles. The van der Waals surface area contributed by atoms with Crippen molar-refractivity contribution in [3.05, 3.63) is 102 Å². The van der Waals surface area contributed by atoms with Gasteiger partial charge in [-0.25, -0.2) is 4.39 Å². The van der Waals surface area contributed by atoms with Crippen molar-refractivity contribution in [2.24, 2.45) is 0 Å². The minimum Gasteiger partial charge on any atom is -0.493 e. The minimum absolute atomic E-state index is 0.113. The molecule has 1 unspecified atom stereocenters. The summed E-state index contributed by atoms with van der Waals surface area (Å²) in [6.07, 6.45) is 8.62. The topological polar surface area (TPSA) is 103 Å². The summed E-state index contributed by atoms with van der Waals surface area (Å²) in [6.45, 7) is 2.55. The molecule has 0 radical (unpaired) electrons. The number of methoxy groups -OCH3 is 2. The second-order valence-electron chi connectivity index (χ2n) is 11.2. The lowest BCUT2D eigenvalue weighted by Gasteiger charge is -2.46. The fraction of sp³-hybridized carbons (Fsp3) is 0.257. The Morgan fingerprint density at radius 1 is 0.956 bits per heavy atom. The predicted molar refractivity (Wildman–Crippen MR) is 173 cm³/mol. The van der Waals surface area contributed by atoms with Gasteiger partial charge in [0.25, 0.3) is 5.91 Å². The molecule has 1 atom stereocenters. The molecule has 232 valence electrons.